The van der Waals surface area contributed by atoms with Crippen molar-refractivity contribution in [2.45, 2.75) is 46.1 Å². The van der Waals surface area contributed by atoms with Gasteiger partial charge < -0.3 is 0 Å². The molecule has 1 unspecified atom stereocenters. The molecule has 0 aliphatic rings. The van der Waals surface area contributed by atoms with Gasteiger partial charge in [0.25, 0.3) is 0 Å². The second-order valence-electron chi connectivity index (χ2n) is 2.88. The van der Waals surface area contributed by atoms with Crippen molar-refractivity contribution >= 4 is 11.4 Å². The molecule has 0 aliphatic carbocycles. The van der Waals surface area contributed by atoms with Crippen LogP contribution in [0, 0.1) is 0 Å². The summed E-state index contributed by atoms with van der Waals surface area (Å²) in [6, 6.07) is 0. The zero-order valence-electron chi connectivity index (χ0n) is 8.04. The Labute approximate surface area is 77.3 Å². The third-order valence-corrected chi connectivity index (χ3v) is 2.10. The monoisotopic (exact) mass is 194 g/mol. The van der Waals surface area contributed by atoms with Crippen LogP contribution in [0.1, 0.15) is 40.0 Å². The molecule has 0 saturated carbocycles. The van der Waals surface area contributed by atoms with Gasteiger partial charge in [0, 0.05) is 0 Å². The SMILES string of the molecule is CCCCCOS(=O)OC(C)C. The summed E-state index contributed by atoms with van der Waals surface area (Å²) in [4.78, 5) is 0. The molecular weight excluding hydrogens is 176 g/mol. The van der Waals surface area contributed by atoms with Gasteiger partial charge in [-0.05, 0) is 20.3 Å². The van der Waals surface area contributed by atoms with Gasteiger partial charge in [-0.15, -0.1) is 0 Å². The van der Waals surface area contributed by atoms with Crippen molar-refractivity contribution in [3.8, 4) is 0 Å². The van der Waals surface area contributed by atoms with Gasteiger partial charge in [0.15, 0.2) is 0 Å². The Morgan fingerprint density at radius 1 is 1.33 bits per heavy atom. The Balaban J connectivity index is 3.20. The predicted molar refractivity (Wildman–Crippen MR) is 49.8 cm³/mol. The first-order valence-corrected chi connectivity index (χ1v) is 5.39. The van der Waals surface area contributed by atoms with Crippen molar-refractivity contribution in [3.05, 3.63) is 0 Å². The highest BCUT2D eigenvalue weighted by Crippen LogP contribution is 1.99. The highest BCUT2D eigenvalue weighted by atomic mass is 32.2. The predicted octanol–water partition coefficient (Wildman–Crippen LogP) is 2.20. The van der Waals surface area contributed by atoms with Crippen molar-refractivity contribution in [1.29, 1.82) is 0 Å². The molecule has 74 valence electrons. The van der Waals surface area contributed by atoms with Crippen LogP contribution in [0.2, 0.25) is 0 Å². The van der Waals surface area contributed by atoms with Crippen LogP contribution in [0.3, 0.4) is 0 Å². The molecule has 12 heavy (non-hydrogen) atoms. The molecule has 0 saturated heterocycles. The maximum atomic E-state index is 10.9. The first kappa shape index (κ1) is 12.1. The van der Waals surface area contributed by atoms with E-state index in [1.54, 1.807) is 0 Å². The lowest BCUT2D eigenvalue weighted by Gasteiger charge is -2.05. The van der Waals surface area contributed by atoms with Crippen molar-refractivity contribution < 1.29 is 12.6 Å². The van der Waals surface area contributed by atoms with E-state index in [1.807, 2.05) is 13.8 Å². The molecule has 0 aromatic carbocycles. The molecule has 0 bridgehead atoms. The lowest BCUT2D eigenvalue weighted by molar-refractivity contribution is 0.206. The normalized spacial score (nSPS) is 13.7. The van der Waals surface area contributed by atoms with E-state index in [4.69, 9.17) is 8.37 Å². The van der Waals surface area contributed by atoms with Gasteiger partial charge in [-0.25, -0.2) is 0 Å². The maximum absolute atomic E-state index is 10.9. The molecule has 1 atom stereocenters. The number of rotatable bonds is 7. The van der Waals surface area contributed by atoms with Gasteiger partial charge in [0.2, 0.25) is 0 Å². The summed E-state index contributed by atoms with van der Waals surface area (Å²) < 4.78 is 20.7. The number of hydrogen-bond acceptors (Lipinski definition) is 3. The van der Waals surface area contributed by atoms with Crippen LogP contribution in [-0.4, -0.2) is 16.9 Å². The van der Waals surface area contributed by atoms with Crippen LogP contribution < -0.4 is 0 Å². The summed E-state index contributed by atoms with van der Waals surface area (Å²) in [6.45, 7) is 6.29. The van der Waals surface area contributed by atoms with Gasteiger partial charge in [-0.2, -0.15) is 4.21 Å². The average molecular weight is 194 g/mol. The van der Waals surface area contributed by atoms with Crippen LogP contribution in [0.25, 0.3) is 0 Å². The molecule has 0 heterocycles. The minimum absolute atomic E-state index is 0.0444. The third-order valence-electron chi connectivity index (χ3n) is 1.20. The molecule has 0 radical (unpaired) electrons. The van der Waals surface area contributed by atoms with E-state index < -0.39 is 11.4 Å². The summed E-state index contributed by atoms with van der Waals surface area (Å²) in [5, 5.41) is 0. The minimum atomic E-state index is -1.55. The Morgan fingerprint density at radius 3 is 2.50 bits per heavy atom. The van der Waals surface area contributed by atoms with Crippen molar-refractivity contribution in [3.63, 3.8) is 0 Å². The van der Waals surface area contributed by atoms with E-state index in [9.17, 15) is 4.21 Å². The van der Waals surface area contributed by atoms with E-state index in [1.165, 1.54) is 0 Å². The lowest BCUT2D eigenvalue weighted by atomic mass is 10.3. The first-order valence-electron chi connectivity index (χ1n) is 4.39. The van der Waals surface area contributed by atoms with Crippen molar-refractivity contribution in [2.75, 3.05) is 6.61 Å². The number of unbranched alkanes of at least 4 members (excludes halogenated alkanes) is 2. The molecule has 4 heteroatoms. The molecule has 0 N–H and O–H groups in total. The molecule has 0 rings (SSSR count). The Kier molecular flexibility index (Phi) is 7.75. The fourth-order valence-corrected chi connectivity index (χ4v) is 1.29. The maximum Gasteiger partial charge on any atom is 0.304 e. The van der Waals surface area contributed by atoms with Gasteiger partial charge in [0.05, 0.1) is 12.7 Å². The molecular formula is C8H18O3S. The molecule has 0 aromatic rings. The first-order chi connectivity index (χ1) is 5.66. The van der Waals surface area contributed by atoms with E-state index in [-0.39, 0.29) is 6.10 Å². The second kappa shape index (κ2) is 7.71. The summed E-state index contributed by atoms with van der Waals surface area (Å²) in [5.41, 5.74) is 0. The van der Waals surface area contributed by atoms with Gasteiger partial charge in [-0.3, -0.25) is 8.37 Å². The van der Waals surface area contributed by atoms with Crippen LogP contribution >= 0.6 is 0 Å². The Bertz CT molecular complexity index is 125. The fraction of sp³-hybridized carbons (Fsp3) is 1.00. The average Bonchev–Trinajstić information content (AvgIpc) is 1.97. The molecule has 0 aromatic heterocycles. The topological polar surface area (TPSA) is 35.5 Å². The molecule has 0 spiro atoms. The van der Waals surface area contributed by atoms with E-state index in [0.29, 0.717) is 6.61 Å². The minimum Gasteiger partial charge on any atom is -0.268 e. The summed E-state index contributed by atoms with van der Waals surface area (Å²) >= 11 is -1.55. The van der Waals surface area contributed by atoms with E-state index in [0.717, 1.165) is 19.3 Å². The van der Waals surface area contributed by atoms with Crippen LogP contribution in [0.15, 0.2) is 0 Å². The highest BCUT2D eigenvalue weighted by molar-refractivity contribution is 7.75. The largest absolute Gasteiger partial charge is 0.304 e. The molecule has 0 aliphatic heterocycles. The summed E-state index contributed by atoms with van der Waals surface area (Å²) in [5.74, 6) is 0. The zero-order valence-corrected chi connectivity index (χ0v) is 8.86. The van der Waals surface area contributed by atoms with Crippen molar-refractivity contribution in [2.24, 2.45) is 0 Å². The van der Waals surface area contributed by atoms with Crippen LogP contribution in [0.5, 0.6) is 0 Å². The third kappa shape index (κ3) is 8.17. The number of hydrogen-bond donors (Lipinski definition) is 0. The molecule has 3 nitrogen and oxygen atoms in total. The Hall–Kier alpha value is 0.0700. The van der Waals surface area contributed by atoms with E-state index >= 15 is 0 Å². The lowest BCUT2D eigenvalue weighted by Crippen LogP contribution is -2.09. The second-order valence-corrected chi connectivity index (χ2v) is 3.71. The smallest absolute Gasteiger partial charge is 0.268 e. The molecule has 0 fully saturated rings. The zero-order chi connectivity index (χ0) is 9.40. The van der Waals surface area contributed by atoms with Gasteiger partial charge in [0.1, 0.15) is 0 Å². The van der Waals surface area contributed by atoms with Crippen LogP contribution in [-0.2, 0) is 19.7 Å². The standard InChI is InChI=1S/C8H18O3S/c1-4-5-6-7-10-12(9)11-8(2)3/h8H,4-7H2,1-3H3. The fourth-order valence-electron chi connectivity index (χ4n) is 0.664. The van der Waals surface area contributed by atoms with Gasteiger partial charge >= 0.3 is 11.4 Å². The van der Waals surface area contributed by atoms with E-state index in [2.05, 4.69) is 6.92 Å². The molecule has 0 amide bonds. The summed E-state index contributed by atoms with van der Waals surface area (Å²) in [7, 11) is 0. The van der Waals surface area contributed by atoms with Gasteiger partial charge in [-0.1, -0.05) is 19.8 Å². The Morgan fingerprint density at radius 2 is 2.00 bits per heavy atom. The van der Waals surface area contributed by atoms with Crippen molar-refractivity contribution in [1.82, 2.24) is 0 Å². The van der Waals surface area contributed by atoms with Crippen LogP contribution in [0.4, 0.5) is 0 Å². The highest BCUT2D eigenvalue weighted by Gasteiger charge is 2.02. The summed E-state index contributed by atoms with van der Waals surface area (Å²) in [6.07, 6.45) is 3.15. The quantitative estimate of drug-likeness (QED) is 0.583.